The van der Waals surface area contributed by atoms with Crippen LogP contribution in [0, 0.1) is 0 Å². The second-order valence-corrected chi connectivity index (χ2v) is 7.66. The van der Waals surface area contributed by atoms with E-state index in [1.807, 2.05) is 30.3 Å². The molecule has 0 spiro atoms. The molecule has 154 valence electrons. The zero-order chi connectivity index (χ0) is 20.4. The Hall–Kier alpha value is -3.42. The lowest BCUT2D eigenvalue weighted by Crippen LogP contribution is -2.53. The molecule has 30 heavy (non-hydrogen) atoms. The quantitative estimate of drug-likeness (QED) is 0.710. The summed E-state index contributed by atoms with van der Waals surface area (Å²) in [5.41, 5.74) is 0.117. The van der Waals surface area contributed by atoms with Gasteiger partial charge in [0.15, 0.2) is 11.5 Å². The number of nitrogens with zero attached hydrogens (tertiary/aromatic N) is 3. The normalized spacial score (nSPS) is 19.8. The molecule has 2 aliphatic rings. The van der Waals surface area contributed by atoms with Crippen molar-refractivity contribution in [3.8, 4) is 22.9 Å². The van der Waals surface area contributed by atoms with E-state index in [4.69, 9.17) is 14.0 Å². The number of aromatic nitrogens is 3. The molecular formula is C22H22N4O4. The minimum absolute atomic E-state index is 0.158. The van der Waals surface area contributed by atoms with E-state index in [1.165, 1.54) is 0 Å². The number of pyridine rings is 1. The summed E-state index contributed by atoms with van der Waals surface area (Å²) in [6, 6.07) is 11.0. The van der Waals surface area contributed by atoms with E-state index in [0.29, 0.717) is 23.2 Å². The van der Waals surface area contributed by atoms with Gasteiger partial charge in [-0.3, -0.25) is 9.78 Å². The van der Waals surface area contributed by atoms with Crippen molar-refractivity contribution in [2.24, 2.45) is 0 Å². The van der Waals surface area contributed by atoms with Crippen LogP contribution in [0.25, 0.3) is 11.4 Å². The lowest BCUT2D eigenvalue weighted by atomic mass is 9.81. The minimum Gasteiger partial charge on any atom is -0.485 e. The summed E-state index contributed by atoms with van der Waals surface area (Å²) in [6.45, 7) is 0.158. The number of hydrogen-bond donors (Lipinski definition) is 1. The molecule has 0 bridgehead atoms. The highest BCUT2D eigenvalue weighted by molar-refractivity contribution is 5.82. The number of benzene rings is 1. The molecule has 8 heteroatoms. The van der Waals surface area contributed by atoms with Gasteiger partial charge in [-0.05, 0) is 37.1 Å². The summed E-state index contributed by atoms with van der Waals surface area (Å²) < 4.78 is 17.2. The van der Waals surface area contributed by atoms with Gasteiger partial charge >= 0.3 is 0 Å². The molecule has 5 rings (SSSR count). The van der Waals surface area contributed by atoms with Crippen LogP contribution >= 0.6 is 0 Å². The van der Waals surface area contributed by atoms with Crippen molar-refractivity contribution < 1.29 is 18.8 Å². The SMILES string of the molecule is O=C(NC1(c2nc(-c3ccncc3)no2)CCCCC1)C1COc2ccccc2O1. The molecule has 1 aliphatic heterocycles. The van der Waals surface area contributed by atoms with E-state index in [2.05, 4.69) is 20.4 Å². The molecule has 3 aromatic rings. The standard InChI is InChI=1S/C22H22N4O4/c27-20(18-14-28-16-6-2-3-7-17(16)29-18)25-22(10-4-1-5-11-22)21-24-19(26-30-21)15-8-12-23-13-9-15/h2-3,6-9,12-13,18H,1,4-5,10-11,14H2,(H,25,27). The zero-order valence-corrected chi connectivity index (χ0v) is 16.4. The number of hydrogen-bond acceptors (Lipinski definition) is 7. The van der Waals surface area contributed by atoms with Crippen LogP contribution in [0.4, 0.5) is 0 Å². The van der Waals surface area contributed by atoms with Gasteiger partial charge in [-0.15, -0.1) is 0 Å². The Balaban J connectivity index is 1.38. The number of rotatable bonds is 4. The Kier molecular flexibility index (Phi) is 4.82. The monoisotopic (exact) mass is 406 g/mol. The minimum atomic E-state index is -0.735. The number of carbonyl (C=O) groups is 1. The summed E-state index contributed by atoms with van der Waals surface area (Å²) in [7, 11) is 0. The molecule has 0 saturated heterocycles. The lowest BCUT2D eigenvalue weighted by Gasteiger charge is -2.36. The fraction of sp³-hybridized carbons (Fsp3) is 0.364. The second kappa shape index (κ2) is 7.78. The van der Waals surface area contributed by atoms with Crippen molar-refractivity contribution in [3.63, 3.8) is 0 Å². The highest BCUT2D eigenvalue weighted by Gasteiger charge is 2.43. The molecule has 1 saturated carbocycles. The highest BCUT2D eigenvalue weighted by Crippen LogP contribution is 2.38. The number of nitrogens with one attached hydrogen (secondary N) is 1. The molecule has 1 amide bonds. The number of fused-ring (bicyclic) bond motifs is 1. The Morgan fingerprint density at radius 2 is 1.80 bits per heavy atom. The van der Waals surface area contributed by atoms with Gasteiger partial charge in [0.05, 0.1) is 0 Å². The molecule has 1 N–H and O–H groups in total. The summed E-state index contributed by atoms with van der Waals surface area (Å²) in [5.74, 6) is 1.89. The van der Waals surface area contributed by atoms with E-state index < -0.39 is 11.6 Å². The smallest absolute Gasteiger partial charge is 0.265 e. The van der Waals surface area contributed by atoms with E-state index in [-0.39, 0.29) is 12.5 Å². The van der Waals surface area contributed by atoms with Crippen LogP contribution in [0.3, 0.4) is 0 Å². The fourth-order valence-corrected chi connectivity index (χ4v) is 4.05. The van der Waals surface area contributed by atoms with Crippen molar-refractivity contribution in [1.82, 2.24) is 20.4 Å². The molecule has 2 aromatic heterocycles. The van der Waals surface area contributed by atoms with Crippen molar-refractivity contribution in [2.45, 2.75) is 43.7 Å². The van der Waals surface area contributed by atoms with Gasteiger partial charge in [0, 0.05) is 18.0 Å². The van der Waals surface area contributed by atoms with Gasteiger partial charge in [-0.2, -0.15) is 4.98 Å². The number of amides is 1. The molecule has 1 aliphatic carbocycles. The third kappa shape index (κ3) is 3.49. The Morgan fingerprint density at radius 1 is 1.03 bits per heavy atom. The van der Waals surface area contributed by atoms with Gasteiger partial charge in [0.25, 0.3) is 11.8 Å². The summed E-state index contributed by atoms with van der Waals surface area (Å²) >= 11 is 0. The topological polar surface area (TPSA) is 99.4 Å². The molecule has 1 unspecified atom stereocenters. The largest absolute Gasteiger partial charge is 0.485 e. The van der Waals surface area contributed by atoms with Crippen LogP contribution in [0.2, 0.25) is 0 Å². The number of ether oxygens (including phenoxy) is 2. The number of carbonyl (C=O) groups excluding carboxylic acids is 1. The van der Waals surface area contributed by atoms with Gasteiger partial charge in [-0.1, -0.05) is 36.6 Å². The predicted octanol–water partition coefficient (Wildman–Crippen LogP) is 3.25. The van der Waals surface area contributed by atoms with Crippen LogP contribution in [0.5, 0.6) is 11.5 Å². The van der Waals surface area contributed by atoms with Gasteiger partial charge in [0.1, 0.15) is 12.1 Å². The first-order chi connectivity index (χ1) is 14.7. The first-order valence-corrected chi connectivity index (χ1v) is 10.2. The van der Waals surface area contributed by atoms with E-state index >= 15 is 0 Å². The molecule has 1 atom stereocenters. The fourth-order valence-electron chi connectivity index (χ4n) is 4.05. The Labute approximate surface area is 173 Å². The van der Waals surface area contributed by atoms with Crippen molar-refractivity contribution in [1.29, 1.82) is 0 Å². The summed E-state index contributed by atoms with van der Waals surface area (Å²) in [5, 5.41) is 7.30. The summed E-state index contributed by atoms with van der Waals surface area (Å²) in [6.07, 6.45) is 7.15. The van der Waals surface area contributed by atoms with Crippen LogP contribution < -0.4 is 14.8 Å². The average molecular weight is 406 g/mol. The first kappa shape index (κ1) is 18.6. The Morgan fingerprint density at radius 3 is 2.60 bits per heavy atom. The third-order valence-corrected chi connectivity index (χ3v) is 5.64. The second-order valence-electron chi connectivity index (χ2n) is 7.66. The van der Waals surface area contributed by atoms with Crippen molar-refractivity contribution in [3.05, 3.63) is 54.7 Å². The maximum atomic E-state index is 13.1. The Bertz CT molecular complexity index is 1030. The van der Waals surface area contributed by atoms with E-state index in [0.717, 1.165) is 37.7 Å². The van der Waals surface area contributed by atoms with Crippen molar-refractivity contribution >= 4 is 5.91 Å². The molecule has 1 fully saturated rings. The average Bonchev–Trinajstić information content (AvgIpc) is 3.31. The van der Waals surface area contributed by atoms with Crippen molar-refractivity contribution in [2.75, 3.05) is 6.61 Å². The maximum absolute atomic E-state index is 13.1. The lowest BCUT2D eigenvalue weighted by molar-refractivity contribution is -0.133. The van der Waals surface area contributed by atoms with E-state index in [9.17, 15) is 4.79 Å². The van der Waals surface area contributed by atoms with E-state index in [1.54, 1.807) is 18.5 Å². The van der Waals surface area contributed by atoms with Gasteiger partial charge in [-0.25, -0.2) is 0 Å². The predicted molar refractivity (Wildman–Crippen MR) is 107 cm³/mol. The van der Waals surface area contributed by atoms with Crippen LogP contribution in [0.1, 0.15) is 38.0 Å². The molecule has 1 aromatic carbocycles. The number of para-hydroxylation sites is 2. The van der Waals surface area contributed by atoms with Crippen LogP contribution in [-0.2, 0) is 10.3 Å². The first-order valence-electron chi connectivity index (χ1n) is 10.2. The van der Waals surface area contributed by atoms with Crippen LogP contribution in [0.15, 0.2) is 53.3 Å². The zero-order valence-electron chi connectivity index (χ0n) is 16.4. The van der Waals surface area contributed by atoms with Gasteiger partial charge < -0.3 is 19.3 Å². The third-order valence-electron chi connectivity index (χ3n) is 5.64. The maximum Gasteiger partial charge on any atom is 0.265 e. The molecule has 8 nitrogen and oxygen atoms in total. The molecular weight excluding hydrogens is 384 g/mol. The van der Waals surface area contributed by atoms with Gasteiger partial charge in [0.2, 0.25) is 11.9 Å². The summed E-state index contributed by atoms with van der Waals surface area (Å²) in [4.78, 5) is 21.8. The molecule has 0 radical (unpaired) electrons. The molecule has 3 heterocycles. The highest BCUT2D eigenvalue weighted by atomic mass is 16.6. The van der Waals surface area contributed by atoms with Crippen LogP contribution in [-0.4, -0.2) is 33.7 Å².